The second-order valence-corrected chi connectivity index (χ2v) is 7.28. The molecule has 2 rings (SSSR count). The zero-order chi connectivity index (χ0) is 20.1. The van der Waals surface area contributed by atoms with Gasteiger partial charge in [0, 0.05) is 23.0 Å². The van der Waals surface area contributed by atoms with E-state index in [1.165, 1.54) is 5.57 Å². The molecule has 0 aliphatic heterocycles. The van der Waals surface area contributed by atoms with Gasteiger partial charge in [-0.25, -0.2) is 4.99 Å². The third-order valence-corrected chi connectivity index (χ3v) is 5.13. The fourth-order valence-electron chi connectivity index (χ4n) is 2.70. The molecule has 6 heteroatoms. The average molecular weight is 427 g/mol. The summed E-state index contributed by atoms with van der Waals surface area (Å²) in [6.45, 7) is 5.94. The van der Waals surface area contributed by atoms with E-state index in [2.05, 4.69) is 18.8 Å². The van der Waals surface area contributed by atoms with Crippen LogP contribution in [-0.4, -0.2) is 19.4 Å². The molecule has 0 heterocycles. The van der Waals surface area contributed by atoms with Gasteiger partial charge in [0.15, 0.2) is 0 Å². The molecule has 0 aliphatic rings. The molecule has 0 saturated heterocycles. The summed E-state index contributed by atoms with van der Waals surface area (Å²) in [6, 6.07) is 7.68. The normalized spacial score (nSPS) is 13.6. The first kappa shape index (κ1) is 21.6. The number of rotatable bonds is 5. The Balaban J connectivity index is 2.88. The molecule has 0 aliphatic carbocycles. The summed E-state index contributed by atoms with van der Waals surface area (Å²) < 4.78 is 10.7. The summed E-state index contributed by atoms with van der Waals surface area (Å²) in [4.78, 5) is 4.25. The standard InChI is InChI=1S/C21H22Cl3NO2/c1-6-12(2)16-8-7-14(9-15(16)11-25-13(3)22)19-20(23)17(26-4)10-18(27-5)21(19)24/h7-11H,6H2,1-5H3/b15-11-,16-12+,25-13+. The minimum atomic E-state index is 0.426. The summed E-state index contributed by atoms with van der Waals surface area (Å²) in [6.07, 6.45) is 2.68. The van der Waals surface area contributed by atoms with Gasteiger partial charge in [0.05, 0.1) is 24.3 Å². The average Bonchev–Trinajstić information content (AvgIpc) is 2.66. The van der Waals surface area contributed by atoms with Crippen molar-refractivity contribution in [2.24, 2.45) is 4.99 Å². The SMILES string of the molecule is CC\C(C)=c1/ccc(-c2c(Cl)c(OC)cc(OC)c2Cl)c/c1=C/N=C(\C)Cl. The van der Waals surface area contributed by atoms with E-state index in [4.69, 9.17) is 44.3 Å². The molecule has 3 nitrogen and oxygen atoms in total. The van der Waals surface area contributed by atoms with Crippen LogP contribution in [0.15, 0.2) is 29.3 Å². The van der Waals surface area contributed by atoms with E-state index in [-0.39, 0.29) is 0 Å². The predicted octanol–water partition coefficient (Wildman–Crippen LogP) is 5.65. The number of hydrogen-bond acceptors (Lipinski definition) is 3. The van der Waals surface area contributed by atoms with Gasteiger partial charge < -0.3 is 9.47 Å². The van der Waals surface area contributed by atoms with E-state index in [9.17, 15) is 0 Å². The Hall–Kier alpha value is -1.68. The van der Waals surface area contributed by atoms with Gasteiger partial charge in [0.1, 0.15) is 16.7 Å². The highest BCUT2D eigenvalue weighted by Crippen LogP contribution is 2.45. The van der Waals surface area contributed by atoms with Crippen molar-refractivity contribution >= 4 is 51.7 Å². The number of methoxy groups -OCH3 is 2. The molecule has 0 spiro atoms. The maximum Gasteiger partial charge on any atom is 0.141 e. The van der Waals surface area contributed by atoms with Crippen LogP contribution in [-0.2, 0) is 0 Å². The molecule has 0 radical (unpaired) electrons. The Kier molecular flexibility index (Phi) is 7.60. The van der Waals surface area contributed by atoms with Crippen molar-refractivity contribution in [3.8, 4) is 22.6 Å². The highest BCUT2D eigenvalue weighted by molar-refractivity contribution is 6.65. The van der Waals surface area contributed by atoms with Crippen LogP contribution in [0.5, 0.6) is 11.5 Å². The summed E-state index contributed by atoms with van der Waals surface area (Å²) in [5.74, 6) is 0.988. The van der Waals surface area contributed by atoms with Gasteiger partial charge in [-0.2, -0.15) is 0 Å². The smallest absolute Gasteiger partial charge is 0.141 e. The molecule has 0 atom stereocenters. The molecule has 2 aromatic carbocycles. The molecule has 27 heavy (non-hydrogen) atoms. The first-order valence-corrected chi connectivity index (χ1v) is 9.57. The lowest BCUT2D eigenvalue weighted by molar-refractivity contribution is 0.395. The van der Waals surface area contributed by atoms with Crippen LogP contribution >= 0.6 is 34.8 Å². The van der Waals surface area contributed by atoms with Crippen molar-refractivity contribution in [3.05, 3.63) is 44.7 Å². The Morgan fingerprint density at radius 3 is 2.11 bits per heavy atom. The molecular weight excluding hydrogens is 405 g/mol. The zero-order valence-corrected chi connectivity index (χ0v) is 18.3. The van der Waals surface area contributed by atoms with Crippen molar-refractivity contribution in [2.75, 3.05) is 14.2 Å². The molecule has 0 aromatic heterocycles. The van der Waals surface area contributed by atoms with Crippen LogP contribution in [0.25, 0.3) is 22.9 Å². The van der Waals surface area contributed by atoms with Crippen LogP contribution in [0.2, 0.25) is 10.0 Å². The van der Waals surface area contributed by atoms with Gasteiger partial charge >= 0.3 is 0 Å². The third-order valence-electron chi connectivity index (χ3n) is 4.29. The quantitative estimate of drug-likeness (QED) is 0.578. The number of hydrogen-bond donors (Lipinski definition) is 0. The molecule has 0 saturated carbocycles. The summed E-state index contributed by atoms with van der Waals surface area (Å²) in [7, 11) is 3.11. The second-order valence-electron chi connectivity index (χ2n) is 5.98. The zero-order valence-electron chi connectivity index (χ0n) is 16.0. The molecule has 144 valence electrons. The van der Waals surface area contributed by atoms with E-state index in [0.29, 0.717) is 32.3 Å². The van der Waals surface area contributed by atoms with E-state index < -0.39 is 0 Å². The predicted molar refractivity (Wildman–Crippen MR) is 117 cm³/mol. The van der Waals surface area contributed by atoms with Gasteiger partial charge in [-0.15, -0.1) is 0 Å². The van der Waals surface area contributed by atoms with E-state index in [0.717, 1.165) is 22.4 Å². The highest BCUT2D eigenvalue weighted by Gasteiger charge is 2.18. The first-order valence-electron chi connectivity index (χ1n) is 8.44. The van der Waals surface area contributed by atoms with Crippen LogP contribution in [0.1, 0.15) is 27.2 Å². The lowest BCUT2D eigenvalue weighted by atomic mass is 10.0. The molecule has 0 fully saturated rings. The van der Waals surface area contributed by atoms with Gasteiger partial charge in [-0.1, -0.05) is 59.4 Å². The van der Waals surface area contributed by atoms with Crippen LogP contribution < -0.4 is 19.9 Å². The Morgan fingerprint density at radius 2 is 1.63 bits per heavy atom. The van der Waals surface area contributed by atoms with Crippen LogP contribution in [0.3, 0.4) is 0 Å². The largest absolute Gasteiger partial charge is 0.495 e. The summed E-state index contributed by atoms with van der Waals surface area (Å²) in [5, 5.41) is 3.34. The lowest BCUT2D eigenvalue weighted by Gasteiger charge is -2.15. The Bertz CT molecular complexity index is 965. The minimum Gasteiger partial charge on any atom is -0.495 e. The van der Waals surface area contributed by atoms with Crippen molar-refractivity contribution in [1.82, 2.24) is 0 Å². The maximum absolute atomic E-state index is 6.56. The molecule has 2 aromatic rings. The van der Waals surface area contributed by atoms with Crippen molar-refractivity contribution in [1.29, 1.82) is 0 Å². The topological polar surface area (TPSA) is 30.8 Å². The number of halogens is 3. The summed E-state index contributed by atoms with van der Waals surface area (Å²) in [5.41, 5.74) is 2.73. The minimum absolute atomic E-state index is 0.426. The highest BCUT2D eigenvalue weighted by atomic mass is 35.5. The monoisotopic (exact) mass is 425 g/mol. The van der Waals surface area contributed by atoms with Gasteiger partial charge in [0.25, 0.3) is 0 Å². The van der Waals surface area contributed by atoms with Crippen molar-refractivity contribution in [3.63, 3.8) is 0 Å². The first-order chi connectivity index (χ1) is 12.8. The molecule has 0 bridgehead atoms. The molecule has 0 unspecified atom stereocenters. The van der Waals surface area contributed by atoms with Gasteiger partial charge in [-0.05, 0) is 37.1 Å². The van der Waals surface area contributed by atoms with Crippen LogP contribution in [0.4, 0.5) is 0 Å². The third kappa shape index (κ3) is 4.78. The second kappa shape index (κ2) is 9.50. The fourth-order valence-corrected chi connectivity index (χ4v) is 3.47. The van der Waals surface area contributed by atoms with E-state index in [1.807, 2.05) is 18.2 Å². The molecular formula is C21H22Cl3NO2. The summed E-state index contributed by atoms with van der Waals surface area (Å²) >= 11 is 19.0. The van der Waals surface area contributed by atoms with Crippen molar-refractivity contribution < 1.29 is 9.47 Å². The van der Waals surface area contributed by atoms with E-state index >= 15 is 0 Å². The maximum atomic E-state index is 6.56. The number of benzene rings is 2. The van der Waals surface area contributed by atoms with Crippen molar-refractivity contribution in [2.45, 2.75) is 27.2 Å². The molecule has 0 N–H and O–H groups in total. The fraction of sp³-hybridized carbons (Fsp3) is 0.286. The number of nitrogens with zero attached hydrogens (tertiary/aromatic N) is 1. The Morgan fingerprint density at radius 1 is 1.04 bits per heavy atom. The van der Waals surface area contributed by atoms with E-state index in [1.54, 1.807) is 33.4 Å². The van der Waals surface area contributed by atoms with Gasteiger partial charge in [0.2, 0.25) is 0 Å². The lowest BCUT2D eigenvalue weighted by Crippen LogP contribution is -2.26. The number of ether oxygens (including phenoxy) is 2. The van der Waals surface area contributed by atoms with Crippen LogP contribution in [0, 0.1) is 0 Å². The molecule has 0 amide bonds. The number of aliphatic imine (C=N–C) groups is 1. The Labute approximate surface area is 174 Å². The van der Waals surface area contributed by atoms with Gasteiger partial charge in [-0.3, -0.25) is 0 Å².